The highest BCUT2D eigenvalue weighted by atomic mass is 79.9. The molecule has 2 aliphatic heterocycles. The average molecular weight is 690 g/mol. The van der Waals surface area contributed by atoms with Crippen LogP contribution in [0.1, 0.15) is 75.0 Å². The van der Waals surface area contributed by atoms with E-state index in [-0.39, 0.29) is 12.0 Å². The smallest absolute Gasteiger partial charge is 0.444 e. The Bertz CT molecular complexity index is 1390. The minimum absolute atomic E-state index is 0.150. The Morgan fingerprint density at radius 2 is 1.80 bits per heavy atom. The fourth-order valence-corrected chi connectivity index (χ4v) is 6.12. The van der Waals surface area contributed by atoms with Crippen LogP contribution in [0.3, 0.4) is 0 Å². The topological polar surface area (TPSA) is 77.1 Å². The summed E-state index contributed by atoms with van der Waals surface area (Å²) >= 11 is 7.20. The van der Waals surface area contributed by atoms with Crippen LogP contribution < -0.4 is 5.32 Å². The number of hydrogen-bond acceptors (Lipinski definition) is 5. The second-order valence-corrected chi connectivity index (χ2v) is 14.3. The molecule has 41 heavy (non-hydrogen) atoms. The molecule has 0 saturated carbocycles. The van der Waals surface area contributed by atoms with E-state index in [0.717, 1.165) is 36.8 Å². The first-order valence-corrected chi connectivity index (χ1v) is 15.5. The Hall–Kier alpha value is -2.14. The molecule has 0 radical (unpaired) electrons. The lowest BCUT2D eigenvalue weighted by molar-refractivity contribution is -0.00896. The van der Waals surface area contributed by atoms with Gasteiger partial charge in [0.1, 0.15) is 5.60 Å². The second-order valence-electron chi connectivity index (χ2n) is 12.6. The summed E-state index contributed by atoms with van der Waals surface area (Å²) in [6, 6.07) is 9.51. The number of anilines is 1. The molecule has 2 heterocycles. The zero-order chi connectivity index (χ0) is 30.3. The Morgan fingerprint density at radius 3 is 2.41 bits per heavy atom. The van der Waals surface area contributed by atoms with Gasteiger partial charge in [-0.05, 0) is 114 Å². The van der Waals surface area contributed by atoms with E-state index >= 15 is 0 Å². The van der Waals surface area contributed by atoms with Gasteiger partial charge in [-0.3, -0.25) is 4.79 Å². The van der Waals surface area contributed by atoms with Crippen molar-refractivity contribution in [2.75, 3.05) is 18.4 Å². The van der Waals surface area contributed by atoms with Gasteiger partial charge in [0.05, 0.1) is 11.2 Å². The van der Waals surface area contributed by atoms with Crippen LogP contribution >= 0.6 is 31.9 Å². The van der Waals surface area contributed by atoms with Gasteiger partial charge in [0, 0.05) is 39.7 Å². The Labute approximate surface area is 260 Å². The molecule has 2 aromatic rings. The summed E-state index contributed by atoms with van der Waals surface area (Å²) in [6.45, 7) is 16.7. The number of hydrogen-bond donors (Lipinski definition) is 1. The van der Waals surface area contributed by atoms with Crippen molar-refractivity contribution < 1.29 is 23.6 Å². The van der Waals surface area contributed by atoms with Crippen molar-refractivity contribution in [2.24, 2.45) is 0 Å². The highest BCUT2D eigenvalue weighted by Crippen LogP contribution is 2.44. The van der Waals surface area contributed by atoms with Gasteiger partial charge in [0.2, 0.25) is 0 Å². The number of nitrogens with zero attached hydrogens (tertiary/aromatic N) is 1. The molecule has 1 atom stereocenters. The molecule has 220 valence electrons. The molecule has 1 unspecified atom stereocenters. The van der Waals surface area contributed by atoms with Gasteiger partial charge in [-0.15, -0.1) is 0 Å². The average Bonchev–Trinajstić information content (AvgIpc) is 3.11. The van der Waals surface area contributed by atoms with E-state index in [4.69, 9.17) is 14.0 Å². The summed E-state index contributed by atoms with van der Waals surface area (Å²) in [6.07, 6.45) is 2.92. The minimum Gasteiger partial charge on any atom is -0.444 e. The zero-order valence-electron chi connectivity index (χ0n) is 25.1. The lowest BCUT2D eigenvalue weighted by atomic mass is 9.74. The summed E-state index contributed by atoms with van der Waals surface area (Å²) in [4.78, 5) is 27.3. The fraction of sp³-hybridized carbons (Fsp3) is 0.484. The SMILES string of the molecule is Cc1cc(Br)ccc1C(=O)Nc1ccc(Br)c(CC2(C)OB(C3=CCN(C(=O)OC(C)(C)C)CC3)OC2(C)C)c1C. The molecule has 7 nitrogen and oxygen atoms in total. The van der Waals surface area contributed by atoms with Gasteiger partial charge in [0.15, 0.2) is 0 Å². The molecule has 4 rings (SSSR count). The van der Waals surface area contributed by atoms with Crippen molar-refractivity contribution in [1.29, 1.82) is 0 Å². The third kappa shape index (κ3) is 7.09. The number of aryl methyl sites for hydroxylation is 1. The molecule has 2 aliphatic rings. The van der Waals surface area contributed by atoms with Crippen molar-refractivity contribution in [1.82, 2.24) is 4.90 Å². The largest absolute Gasteiger partial charge is 0.490 e. The molecular weight excluding hydrogens is 651 g/mol. The number of carbonyl (C=O) groups excluding carboxylic acids is 2. The highest BCUT2D eigenvalue weighted by molar-refractivity contribution is 9.10. The number of ether oxygens (including phenoxy) is 1. The van der Waals surface area contributed by atoms with Crippen molar-refractivity contribution in [2.45, 2.75) is 85.0 Å². The van der Waals surface area contributed by atoms with Crippen molar-refractivity contribution in [3.8, 4) is 0 Å². The summed E-state index contributed by atoms with van der Waals surface area (Å²) in [5, 5.41) is 3.10. The van der Waals surface area contributed by atoms with Gasteiger partial charge >= 0.3 is 13.2 Å². The number of amides is 2. The maximum atomic E-state index is 13.1. The maximum Gasteiger partial charge on any atom is 0.490 e. The van der Waals surface area contributed by atoms with E-state index in [1.54, 1.807) is 4.90 Å². The van der Waals surface area contributed by atoms with Crippen LogP contribution in [0.25, 0.3) is 0 Å². The molecule has 1 N–H and O–H groups in total. The van der Waals surface area contributed by atoms with Gasteiger partial charge < -0.3 is 24.3 Å². The van der Waals surface area contributed by atoms with Crippen LogP contribution in [0.4, 0.5) is 10.5 Å². The van der Waals surface area contributed by atoms with Crippen molar-refractivity contribution in [3.05, 3.63) is 73.1 Å². The lowest BCUT2D eigenvalue weighted by Gasteiger charge is -2.37. The van der Waals surface area contributed by atoms with Crippen molar-refractivity contribution >= 4 is 56.7 Å². The van der Waals surface area contributed by atoms with Crippen LogP contribution in [-0.4, -0.2) is 53.9 Å². The molecule has 1 saturated heterocycles. The second kappa shape index (κ2) is 11.9. The molecule has 0 aromatic heterocycles. The van der Waals surface area contributed by atoms with E-state index in [0.29, 0.717) is 31.5 Å². The van der Waals surface area contributed by atoms with Gasteiger partial charge in [-0.1, -0.05) is 37.9 Å². The number of benzene rings is 2. The summed E-state index contributed by atoms with van der Waals surface area (Å²) in [7, 11) is -0.502. The van der Waals surface area contributed by atoms with E-state index in [1.165, 1.54) is 0 Å². The summed E-state index contributed by atoms with van der Waals surface area (Å²) in [5.41, 5.74) is 3.55. The number of carbonyl (C=O) groups is 2. The standard InChI is InChI=1S/C31H39BBr2N2O5/c1-19-17-22(33)9-10-23(19)27(37)35-26-12-11-25(34)24(20(26)2)18-31(8)30(6,7)40-32(41-31)21-13-15-36(16-14-21)28(38)39-29(3,4)5/h9-13,17H,14-16,18H2,1-8H3,(H,35,37). The van der Waals surface area contributed by atoms with Gasteiger partial charge in [0.25, 0.3) is 5.91 Å². The monoisotopic (exact) mass is 688 g/mol. The van der Waals surface area contributed by atoms with E-state index in [2.05, 4.69) is 57.9 Å². The van der Waals surface area contributed by atoms with Crippen molar-refractivity contribution in [3.63, 3.8) is 0 Å². The fourth-order valence-electron chi connectivity index (χ4n) is 5.08. The quantitative estimate of drug-likeness (QED) is 0.324. The van der Waals surface area contributed by atoms with Crippen LogP contribution in [0.2, 0.25) is 0 Å². The maximum absolute atomic E-state index is 13.1. The first-order valence-electron chi connectivity index (χ1n) is 13.9. The third-order valence-corrected chi connectivity index (χ3v) is 9.21. The zero-order valence-corrected chi connectivity index (χ0v) is 28.3. The van der Waals surface area contributed by atoms with Gasteiger partial charge in [-0.2, -0.15) is 0 Å². The van der Waals surface area contributed by atoms with E-state index < -0.39 is 23.9 Å². The number of nitrogens with one attached hydrogen (secondary N) is 1. The highest BCUT2D eigenvalue weighted by Gasteiger charge is 2.55. The van der Waals surface area contributed by atoms with E-state index in [9.17, 15) is 9.59 Å². The predicted molar refractivity (Wildman–Crippen MR) is 170 cm³/mol. The van der Waals surface area contributed by atoms with E-state index in [1.807, 2.05) is 71.0 Å². The number of halogens is 2. The number of rotatable bonds is 5. The predicted octanol–water partition coefficient (Wildman–Crippen LogP) is 7.80. The first kappa shape index (κ1) is 31.8. The third-order valence-electron chi connectivity index (χ3n) is 7.98. The van der Waals surface area contributed by atoms with Crippen LogP contribution in [0, 0.1) is 13.8 Å². The van der Waals surface area contributed by atoms with Crippen LogP contribution in [-0.2, 0) is 20.5 Å². The normalized spacial score (nSPS) is 20.6. The molecule has 0 bridgehead atoms. The molecule has 2 aromatic carbocycles. The molecule has 0 aliphatic carbocycles. The first-order chi connectivity index (χ1) is 19.0. The minimum atomic E-state index is -0.654. The van der Waals surface area contributed by atoms with Gasteiger partial charge in [-0.25, -0.2) is 4.79 Å². The molecule has 2 amide bonds. The summed E-state index contributed by atoms with van der Waals surface area (Å²) < 4.78 is 20.6. The molecule has 0 spiro atoms. The lowest BCUT2D eigenvalue weighted by Crippen LogP contribution is -2.46. The molecular formula is C31H39BBr2N2O5. The summed E-state index contributed by atoms with van der Waals surface area (Å²) in [5.74, 6) is -0.150. The van der Waals surface area contributed by atoms with Crippen LogP contribution in [0.5, 0.6) is 0 Å². The molecule has 10 heteroatoms. The Morgan fingerprint density at radius 1 is 1.10 bits per heavy atom. The Balaban J connectivity index is 1.51. The van der Waals surface area contributed by atoms with Crippen LogP contribution in [0.15, 0.2) is 50.8 Å². The molecule has 1 fully saturated rings. The Kier molecular flexibility index (Phi) is 9.20.